The van der Waals surface area contributed by atoms with E-state index < -0.39 is 5.60 Å². The molecule has 0 saturated carbocycles. The third-order valence-electron chi connectivity index (χ3n) is 7.40. The summed E-state index contributed by atoms with van der Waals surface area (Å²) in [7, 11) is 0. The minimum atomic E-state index is -0.479. The normalized spacial score (nSPS) is 14.8. The first-order chi connectivity index (χ1) is 22.0. The minimum absolute atomic E-state index is 0.105. The van der Waals surface area contributed by atoms with Crippen LogP contribution in [0.3, 0.4) is 0 Å². The average molecular weight is 662 g/mol. The monoisotopic (exact) mass is 661 g/mol. The Morgan fingerprint density at radius 2 is 1.60 bits per heavy atom. The standard InChI is InChI=1S/C30H35N5O3S.C6H12O2/c1-19-20(2)39-28-26(19)27(31-18-25-33-32-21(3)35(25)28)23-11-9-22(10-12-23)8-7-17-37-24-13-15-34(16-14-24)29(36)38-30(4,5)6;1-5(7)8-6(2,3)4/h9-12,24H,13-18H2,1-6H3;1-4H3. The summed E-state index contributed by atoms with van der Waals surface area (Å²) in [6.07, 6.45) is 1.43. The SMILES string of the molecule is CC(=O)OC(C)(C)C.Cc1sc2c(c1C)C(c1ccc(C#CCOC3CCN(C(=O)OC(C)(C)C)CC3)cc1)=NCc1nnc(C)n1-2. The number of aryl methyl sites for hydroxylation is 2. The van der Waals surface area contributed by atoms with Crippen LogP contribution in [0, 0.1) is 32.6 Å². The van der Waals surface area contributed by atoms with Crippen molar-refractivity contribution in [2.24, 2.45) is 4.99 Å². The smallest absolute Gasteiger partial charge is 0.410 e. The average Bonchev–Trinajstić information content (AvgIpc) is 3.42. The summed E-state index contributed by atoms with van der Waals surface area (Å²) in [6, 6.07) is 8.25. The van der Waals surface area contributed by atoms with E-state index in [9.17, 15) is 9.59 Å². The van der Waals surface area contributed by atoms with E-state index in [0.717, 1.165) is 51.9 Å². The van der Waals surface area contributed by atoms with E-state index in [0.29, 0.717) is 26.2 Å². The van der Waals surface area contributed by atoms with Gasteiger partial charge in [0.25, 0.3) is 0 Å². The molecule has 0 radical (unpaired) electrons. The number of piperidine rings is 1. The number of nitrogens with zero attached hydrogens (tertiary/aromatic N) is 5. The van der Waals surface area contributed by atoms with Gasteiger partial charge in [0.05, 0.1) is 11.8 Å². The quantitative estimate of drug-likeness (QED) is 0.227. The summed E-state index contributed by atoms with van der Waals surface area (Å²) in [6.45, 7) is 21.0. The van der Waals surface area contributed by atoms with Crippen molar-refractivity contribution in [2.45, 2.75) is 106 Å². The predicted molar refractivity (Wildman–Crippen MR) is 184 cm³/mol. The molecule has 3 aromatic rings. The first-order valence-electron chi connectivity index (χ1n) is 16.0. The van der Waals surface area contributed by atoms with Gasteiger partial charge in [0.2, 0.25) is 0 Å². The van der Waals surface area contributed by atoms with E-state index in [-0.39, 0.29) is 23.8 Å². The highest BCUT2D eigenvalue weighted by Crippen LogP contribution is 2.36. The van der Waals surface area contributed by atoms with Crippen LogP contribution in [-0.4, -0.2) is 74.4 Å². The Morgan fingerprint density at radius 1 is 0.957 bits per heavy atom. The summed E-state index contributed by atoms with van der Waals surface area (Å²) in [5.41, 5.74) is 4.57. The molecule has 1 aromatic carbocycles. The van der Waals surface area contributed by atoms with Crippen LogP contribution in [0.25, 0.3) is 5.00 Å². The molecule has 0 spiro atoms. The fourth-order valence-corrected chi connectivity index (χ4v) is 6.48. The van der Waals surface area contributed by atoms with Crippen LogP contribution in [0.15, 0.2) is 29.3 Å². The maximum Gasteiger partial charge on any atom is 0.410 e. The molecule has 11 heteroatoms. The molecule has 4 heterocycles. The highest BCUT2D eigenvalue weighted by molar-refractivity contribution is 7.15. The summed E-state index contributed by atoms with van der Waals surface area (Å²) in [5.74, 6) is 7.87. The van der Waals surface area contributed by atoms with Crippen molar-refractivity contribution in [3.05, 3.63) is 63.0 Å². The fourth-order valence-electron chi connectivity index (χ4n) is 5.25. The van der Waals surface area contributed by atoms with Gasteiger partial charge in [0.15, 0.2) is 5.82 Å². The number of hydrogen-bond acceptors (Lipinski definition) is 9. The zero-order chi connectivity index (χ0) is 34.5. The Kier molecular flexibility index (Phi) is 11.3. The number of aliphatic imine (C=N–C) groups is 1. The van der Waals surface area contributed by atoms with Gasteiger partial charge < -0.3 is 19.1 Å². The summed E-state index contributed by atoms with van der Waals surface area (Å²) in [5, 5.41) is 9.77. The van der Waals surface area contributed by atoms with Crippen LogP contribution in [0.1, 0.15) is 100 Å². The molecule has 1 fully saturated rings. The number of fused-ring (bicyclic) bond motifs is 3. The van der Waals surface area contributed by atoms with Crippen LogP contribution in [-0.2, 0) is 25.5 Å². The lowest BCUT2D eigenvalue weighted by molar-refractivity contribution is -0.151. The number of carbonyl (C=O) groups excluding carboxylic acids is 2. The maximum atomic E-state index is 12.2. The zero-order valence-corrected chi connectivity index (χ0v) is 30.1. The summed E-state index contributed by atoms with van der Waals surface area (Å²) < 4.78 is 18.4. The third-order valence-corrected chi connectivity index (χ3v) is 8.60. The number of carbonyl (C=O) groups is 2. The molecule has 2 aliphatic rings. The predicted octanol–water partition coefficient (Wildman–Crippen LogP) is 6.72. The van der Waals surface area contributed by atoms with Crippen molar-refractivity contribution >= 4 is 29.1 Å². The number of benzene rings is 1. The number of aromatic nitrogens is 3. The van der Waals surface area contributed by atoms with Gasteiger partial charge in [-0.15, -0.1) is 21.5 Å². The molecular formula is C36H47N5O5S. The lowest BCUT2D eigenvalue weighted by Crippen LogP contribution is -2.43. The van der Waals surface area contributed by atoms with Crippen molar-refractivity contribution in [1.29, 1.82) is 0 Å². The topological polar surface area (TPSA) is 108 Å². The van der Waals surface area contributed by atoms with Crippen LogP contribution < -0.4 is 0 Å². The molecule has 1 amide bonds. The molecule has 1 saturated heterocycles. The Bertz CT molecular complexity index is 1670. The van der Waals surface area contributed by atoms with Gasteiger partial charge in [-0.3, -0.25) is 14.4 Å². The Labute approximate surface area is 282 Å². The van der Waals surface area contributed by atoms with Crippen LogP contribution >= 0.6 is 11.3 Å². The van der Waals surface area contributed by atoms with Crippen molar-refractivity contribution in [1.82, 2.24) is 19.7 Å². The van der Waals surface area contributed by atoms with Gasteiger partial charge in [-0.2, -0.15) is 0 Å². The summed E-state index contributed by atoms with van der Waals surface area (Å²) >= 11 is 1.76. The van der Waals surface area contributed by atoms with Crippen LogP contribution in [0.2, 0.25) is 0 Å². The molecular weight excluding hydrogens is 614 g/mol. The number of likely N-dealkylation sites (tertiary alicyclic amines) is 1. The molecule has 252 valence electrons. The van der Waals surface area contributed by atoms with Gasteiger partial charge >= 0.3 is 12.1 Å². The Balaban J connectivity index is 0.000000555. The minimum Gasteiger partial charge on any atom is -0.460 e. The second-order valence-corrected chi connectivity index (χ2v) is 14.9. The first-order valence-corrected chi connectivity index (χ1v) is 16.8. The van der Waals surface area contributed by atoms with E-state index in [1.54, 1.807) is 16.2 Å². The lowest BCUT2D eigenvalue weighted by Gasteiger charge is -2.33. The molecule has 5 rings (SSSR count). The van der Waals surface area contributed by atoms with Crippen LogP contribution in [0.5, 0.6) is 0 Å². The molecule has 47 heavy (non-hydrogen) atoms. The van der Waals surface area contributed by atoms with Crippen molar-refractivity contribution in [2.75, 3.05) is 19.7 Å². The third kappa shape index (κ3) is 9.75. The van der Waals surface area contributed by atoms with Crippen molar-refractivity contribution in [3.8, 4) is 16.8 Å². The molecule has 0 bridgehead atoms. The number of thiophene rings is 1. The second-order valence-electron chi connectivity index (χ2n) is 13.7. The number of esters is 1. The van der Waals surface area contributed by atoms with Crippen LogP contribution in [0.4, 0.5) is 4.79 Å². The highest BCUT2D eigenvalue weighted by atomic mass is 32.1. The van der Waals surface area contributed by atoms with E-state index in [1.807, 2.05) is 60.6 Å². The zero-order valence-electron chi connectivity index (χ0n) is 29.3. The van der Waals surface area contributed by atoms with Gasteiger partial charge in [0, 0.05) is 41.6 Å². The van der Waals surface area contributed by atoms with E-state index in [4.69, 9.17) is 19.2 Å². The van der Waals surface area contributed by atoms with E-state index >= 15 is 0 Å². The van der Waals surface area contributed by atoms with Gasteiger partial charge in [-0.1, -0.05) is 24.0 Å². The van der Waals surface area contributed by atoms with Gasteiger partial charge in [-0.25, -0.2) is 4.79 Å². The molecule has 2 aliphatic heterocycles. The number of amides is 1. The molecule has 2 aromatic heterocycles. The molecule has 10 nitrogen and oxygen atoms in total. The summed E-state index contributed by atoms with van der Waals surface area (Å²) in [4.78, 5) is 30.5. The first kappa shape index (κ1) is 35.8. The van der Waals surface area contributed by atoms with Crippen molar-refractivity contribution < 1.29 is 23.8 Å². The number of ether oxygens (including phenoxy) is 3. The molecule has 0 unspecified atom stereocenters. The van der Waals surface area contributed by atoms with Crippen molar-refractivity contribution in [3.63, 3.8) is 0 Å². The maximum absolute atomic E-state index is 12.2. The number of hydrogen-bond donors (Lipinski definition) is 0. The molecule has 0 N–H and O–H groups in total. The van der Waals surface area contributed by atoms with E-state index in [2.05, 4.69) is 52.6 Å². The van der Waals surface area contributed by atoms with Gasteiger partial charge in [0.1, 0.15) is 35.2 Å². The number of rotatable bonds is 3. The Hall–Kier alpha value is -4.01. The Morgan fingerprint density at radius 3 is 2.17 bits per heavy atom. The second kappa shape index (κ2) is 14.8. The molecule has 0 aliphatic carbocycles. The fraction of sp³-hybridized carbons (Fsp3) is 0.528. The molecule has 0 atom stereocenters. The lowest BCUT2D eigenvalue weighted by atomic mass is 9.99. The largest absolute Gasteiger partial charge is 0.460 e. The van der Waals surface area contributed by atoms with E-state index in [1.165, 1.54) is 17.4 Å². The van der Waals surface area contributed by atoms with Gasteiger partial charge in [-0.05, 0) is 92.9 Å². The highest BCUT2D eigenvalue weighted by Gasteiger charge is 2.28.